The maximum atomic E-state index is 7.16. The van der Waals surface area contributed by atoms with E-state index in [0.29, 0.717) is 0 Å². The highest BCUT2D eigenvalue weighted by molar-refractivity contribution is 5.01. The molecule has 1 unspecified atom stereocenters. The van der Waals surface area contributed by atoms with E-state index in [9.17, 15) is 0 Å². The van der Waals surface area contributed by atoms with Gasteiger partial charge in [0.1, 0.15) is 5.60 Å². The smallest absolute Gasteiger partial charge is 0.126 e. The Balaban J connectivity index is 3.52. The summed E-state index contributed by atoms with van der Waals surface area (Å²) in [5.41, 5.74) is -0.547. The molecule has 0 amide bonds. The van der Waals surface area contributed by atoms with Crippen LogP contribution in [-0.4, -0.2) is 24.9 Å². The standard InChI is InChI=1S/C14H25O2/c1-7-14(5,15-6)11-9-8-10-12-16-13(2,3)4/h8-12H2,2-6H3. The molecule has 0 aliphatic rings. The Bertz CT molecular complexity index is 222. The van der Waals surface area contributed by atoms with Crippen molar-refractivity contribution in [1.82, 2.24) is 0 Å². The van der Waals surface area contributed by atoms with Gasteiger partial charge in [-0.15, -0.1) is 0 Å². The van der Waals surface area contributed by atoms with Crippen LogP contribution in [0.25, 0.3) is 0 Å². The van der Waals surface area contributed by atoms with Gasteiger partial charge in [0.05, 0.1) is 5.60 Å². The lowest BCUT2D eigenvalue weighted by Gasteiger charge is -2.22. The van der Waals surface area contributed by atoms with Crippen LogP contribution in [0.15, 0.2) is 0 Å². The number of hydrogen-bond donors (Lipinski definition) is 0. The normalized spacial score (nSPS) is 15.5. The number of unbranched alkanes of at least 4 members (excludes halogenated alkanes) is 2. The summed E-state index contributed by atoms with van der Waals surface area (Å²) < 4.78 is 10.8. The van der Waals surface area contributed by atoms with E-state index in [1.807, 2.05) is 6.92 Å². The molecule has 93 valence electrons. The molecule has 0 rings (SSSR count). The summed E-state index contributed by atoms with van der Waals surface area (Å²) in [6.45, 7) is 8.91. The summed E-state index contributed by atoms with van der Waals surface area (Å²) in [7, 11) is 1.63. The highest BCUT2D eigenvalue weighted by Gasteiger charge is 2.19. The first kappa shape index (κ1) is 15.5. The highest BCUT2D eigenvalue weighted by Crippen LogP contribution is 2.17. The zero-order valence-electron chi connectivity index (χ0n) is 11.4. The maximum Gasteiger partial charge on any atom is 0.126 e. The van der Waals surface area contributed by atoms with E-state index in [4.69, 9.17) is 15.9 Å². The fraction of sp³-hybridized carbons (Fsp3) is 0.857. The second-order valence-corrected chi connectivity index (χ2v) is 5.33. The van der Waals surface area contributed by atoms with Gasteiger partial charge in [-0.25, -0.2) is 0 Å². The molecule has 0 spiro atoms. The Labute approximate surface area is 101 Å². The first-order valence-corrected chi connectivity index (χ1v) is 5.96. The molecule has 0 saturated heterocycles. The molecule has 0 aromatic heterocycles. The minimum Gasteiger partial charge on any atom is -0.376 e. The fourth-order valence-corrected chi connectivity index (χ4v) is 1.34. The van der Waals surface area contributed by atoms with Gasteiger partial charge in [-0.1, -0.05) is 12.3 Å². The van der Waals surface area contributed by atoms with Crippen LogP contribution in [0.2, 0.25) is 0 Å². The Morgan fingerprint density at radius 3 is 2.12 bits per heavy atom. The van der Waals surface area contributed by atoms with Gasteiger partial charge in [0.25, 0.3) is 0 Å². The van der Waals surface area contributed by atoms with Crippen LogP contribution < -0.4 is 0 Å². The van der Waals surface area contributed by atoms with Crippen LogP contribution in [0.4, 0.5) is 0 Å². The first-order chi connectivity index (χ1) is 7.33. The monoisotopic (exact) mass is 225 g/mol. The summed E-state index contributed by atoms with van der Waals surface area (Å²) in [6.07, 6.45) is 11.2. The Morgan fingerprint density at radius 2 is 1.69 bits per heavy atom. The molecule has 0 bridgehead atoms. The molecule has 1 radical (unpaired) electrons. The second kappa shape index (κ2) is 6.93. The SMILES string of the molecule is [C]#CC(C)(CCCCCOC(C)(C)C)OC. The van der Waals surface area contributed by atoms with E-state index >= 15 is 0 Å². The Hall–Kier alpha value is -0.520. The molecule has 0 N–H and O–H groups in total. The second-order valence-electron chi connectivity index (χ2n) is 5.33. The molecule has 0 heterocycles. The van der Waals surface area contributed by atoms with Gasteiger partial charge >= 0.3 is 0 Å². The third kappa shape index (κ3) is 7.73. The molecule has 0 fully saturated rings. The van der Waals surface area contributed by atoms with Crippen molar-refractivity contribution in [2.24, 2.45) is 0 Å². The first-order valence-electron chi connectivity index (χ1n) is 5.96. The van der Waals surface area contributed by atoms with E-state index in [-0.39, 0.29) is 5.60 Å². The fourth-order valence-electron chi connectivity index (χ4n) is 1.34. The van der Waals surface area contributed by atoms with Gasteiger partial charge in [-0.3, -0.25) is 0 Å². The van der Waals surface area contributed by atoms with Gasteiger partial charge in [0, 0.05) is 13.7 Å². The molecule has 2 nitrogen and oxygen atoms in total. The lowest BCUT2D eigenvalue weighted by molar-refractivity contribution is -0.00572. The van der Waals surface area contributed by atoms with Crippen molar-refractivity contribution in [2.45, 2.75) is 64.6 Å². The van der Waals surface area contributed by atoms with Gasteiger partial charge in [0.15, 0.2) is 0 Å². The predicted octanol–water partition coefficient (Wildman–Crippen LogP) is 3.36. The van der Waals surface area contributed by atoms with Crippen LogP contribution >= 0.6 is 0 Å². The molecular formula is C14H25O2. The highest BCUT2D eigenvalue weighted by atomic mass is 16.5. The van der Waals surface area contributed by atoms with Crippen LogP contribution in [-0.2, 0) is 9.47 Å². The van der Waals surface area contributed by atoms with Crippen molar-refractivity contribution in [3.8, 4) is 5.92 Å². The Kier molecular flexibility index (Phi) is 6.71. The zero-order valence-corrected chi connectivity index (χ0v) is 11.4. The molecule has 0 aromatic carbocycles. The topological polar surface area (TPSA) is 18.5 Å². The Morgan fingerprint density at radius 1 is 1.06 bits per heavy atom. The lowest BCUT2D eigenvalue weighted by Crippen LogP contribution is -2.24. The number of methoxy groups -OCH3 is 1. The van der Waals surface area contributed by atoms with Crippen molar-refractivity contribution < 1.29 is 9.47 Å². The van der Waals surface area contributed by atoms with Crippen LogP contribution in [0.3, 0.4) is 0 Å². The van der Waals surface area contributed by atoms with Crippen LogP contribution in [0.5, 0.6) is 0 Å². The third-order valence-corrected chi connectivity index (χ3v) is 2.55. The summed E-state index contributed by atoms with van der Waals surface area (Å²) in [4.78, 5) is 0. The predicted molar refractivity (Wildman–Crippen MR) is 66.7 cm³/mol. The average Bonchev–Trinajstić information content (AvgIpc) is 2.21. The van der Waals surface area contributed by atoms with Gasteiger partial charge in [0.2, 0.25) is 0 Å². The lowest BCUT2D eigenvalue weighted by atomic mass is 9.99. The van der Waals surface area contributed by atoms with Gasteiger partial charge in [-0.2, -0.15) is 0 Å². The summed E-state index contributed by atoms with van der Waals surface area (Å²) in [5.74, 6) is 2.44. The molecule has 0 aliphatic heterocycles. The van der Waals surface area contributed by atoms with E-state index in [1.54, 1.807) is 7.11 Å². The maximum absolute atomic E-state index is 7.16. The molecule has 1 atom stereocenters. The number of hydrogen-bond acceptors (Lipinski definition) is 2. The van der Waals surface area contributed by atoms with Crippen molar-refractivity contribution in [2.75, 3.05) is 13.7 Å². The zero-order chi connectivity index (χ0) is 12.7. The van der Waals surface area contributed by atoms with Gasteiger partial charge in [-0.05, 0) is 53.4 Å². The van der Waals surface area contributed by atoms with Crippen molar-refractivity contribution in [3.05, 3.63) is 6.42 Å². The van der Waals surface area contributed by atoms with E-state index in [0.717, 1.165) is 32.3 Å². The molecule has 0 saturated carbocycles. The van der Waals surface area contributed by atoms with E-state index in [1.165, 1.54) is 0 Å². The third-order valence-electron chi connectivity index (χ3n) is 2.55. The molecular weight excluding hydrogens is 200 g/mol. The van der Waals surface area contributed by atoms with Crippen LogP contribution in [0, 0.1) is 12.3 Å². The molecule has 0 aromatic rings. The summed E-state index contributed by atoms with van der Waals surface area (Å²) >= 11 is 0. The number of rotatable bonds is 7. The molecule has 2 heteroatoms. The van der Waals surface area contributed by atoms with E-state index in [2.05, 4.69) is 26.7 Å². The average molecular weight is 225 g/mol. The van der Waals surface area contributed by atoms with Crippen LogP contribution in [0.1, 0.15) is 53.4 Å². The summed E-state index contributed by atoms with van der Waals surface area (Å²) in [6, 6.07) is 0. The molecule has 0 aliphatic carbocycles. The van der Waals surface area contributed by atoms with Crippen molar-refractivity contribution in [1.29, 1.82) is 0 Å². The molecule has 16 heavy (non-hydrogen) atoms. The van der Waals surface area contributed by atoms with Crippen molar-refractivity contribution in [3.63, 3.8) is 0 Å². The van der Waals surface area contributed by atoms with Gasteiger partial charge < -0.3 is 9.47 Å². The quantitative estimate of drug-likeness (QED) is 0.488. The minimum atomic E-state index is -0.509. The summed E-state index contributed by atoms with van der Waals surface area (Å²) in [5, 5.41) is 0. The number of ether oxygens (including phenoxy) is 2. The van der Waals surface area contributed by atoms with Crippen molar-refractivity contribution >= 4 is 0 Å². The van der Waals surface area contributed by atoms with E-state index < -0.39 is 5.60 Å². The minimum absolute atomic E-state index is 0.0379. The largest absolute Gasteiger partial charge is 0.376 e.